The van der Waals surface area contributed by atoms with Crippen LogP contribution in [0.1, 0.15) is 97.1 Å². The van der Waals surface area contributed by atoms with Gasteiger partial charge in [-0.15, -0.1) is 11.3 Å². The van der Waals surface area contributed by atoms with Crippen LogP contribution in [0, 0.1) is 0 Å². The molecule has 2 N–H and O–H groups in total. The highest BCUT2D eigenvalue weighted by atomic mass is 32.1. The molecule has 0 fully saturated rings. The SMILES string of the molecule is CC.CC.CC.CC(C)c1cccc(C(C)C)c1NCCNCc1cccs1. The third-order valence-corrected chi connectivity index (χ3v) is 4.73. The quantitative estimate of drug-likeness (QED) is 0.431. The van der Waals surface area contributed by atoms with E-state index in [1.165, 1.54) is 21.7 Å². The van der Waals surface area contributed by atoms with Gasteiger partial charge in [-0.1, -0.05) is 93.5 Å². The normalized spacial score (nSPS) is 9.57. The van der Waals surface area contributed by atoms with Crippen LogP contribution in [-0.2, 0) is 6.54 Å². The van der Waals surface area contributed by atoms with E-state index < -0.39 is 0 Å². The fourth-order valence-electron chi connectivity index (χ4n) is 2.66. The van der Waals surface area contributed by atoms with Crippen molar-refractivity contribution in [3.8, 4) is 0 Å². The van der Waals surface area contributed by atoms with Crippen molar-refractivity contribution in [1.82, 2.24) is 5.32 Å². The molecule has 0 radical (unpaired) electrons. The Morgan fingerprint density at radius 3 is 1.71 bits per heavy atom. The Morgan fingerprint density at radius 1 is 0.750 bits per heavy atom. The summed E-state index contributed by atoms with van der Waals surface area (Å²) in [6.07, 6.45) is 0. The molecule has 2 rings (SSSR count). The lowest BCUT2D eigenvalue weighted by Gasteiger charge is -2.21. The third kappa shape index (κ3) is 10.9. The molecule has 0 spiro atoms. The van der Waals surface area contributed by atoms with Crippen LogP contribution >= 0.6 is 11.3 Å². The fourth-order valence-corrected chi connectivity index (χ4v) is 3.33. The van der Waals surface area contributed by atoms with Gasteiger partial charge in [0.15, 0.2) is 0 Å². The van der Waals surface area contributed by atoms with Gasteiger partial charge in [-0.05, 0) is 34.4 Å². The Morgan fingerprint density at radius 2 is 1.29 bits per heavy atom. The van der Waals surface area contributed by atoms with Gasteiger partial charge in [0, 0.05) is 30.2 Å². The highest BCUT2D eigenvalue weighted by Crippen LogP contribution is 2.32. The summed E-state index contributed by atoms with van der Waals surface area (Å²) in [5.41, 5.74) is 4.18. The van der Waals surface area contributed by atoms with Crippen LogP contribution in [0.4, 0.5) is 5.69 Å². The maximum atomic E-state index is 3.67. The Labute approximate surface area is 180 Å². The molecule has 2 nitrogen and oxygen atoms in total. The van der Waals surface area contributed by atoms with Gasteiger partial charge in [-0.3, -0.25) is 0 Å². The molecule has 0 atom stereocenters. The fraction of sp³-hybridized carbons (Fsp3) is 0.600. The van der Waals surface area contributed by atoms with Crippen LogP contribution in [0.5, 0.6) is 0 Å². The van der Waals surface area contributed by atoms with E-state index in [-0.39, 0.29) is 0 Å². The molecule has 1 heterocycles. The molecule has 0 unspecified atom stereocenters. The zero-order valence-electron chi connectivity index (χ0n) is 20.1. The van der Waals surface area contributed by atoms with Crippen LogP contribution in [0.3, 0.4) is 0 Å². The second-order valence-electron chi connectivity index (χ2n) is 6.30. The summed E-state index contributed by atoms with van der Waals surface area (Å²) < 4.78 is 0. The largest absolute Gasteiger partial charge is 0.383 e. The topological polar surface area (TPSA) is 24.1 Å². The predicted molar refractivity (Wildman–Crippen MR) is 133 cm³/mol. The van der Waals surface area contributed by atoms with Crippen molar-refractivity contribution in [2.24, 2.45) is 0 Å². The Hall–Kier alpha value is -1.32. The van der Waals surface area contributed by atoms with Crippen LogP contribution in [0.25, 0.3) is 0 Å². The first-order chi connectivity index (χ1) is 13.6. The predicted octanol–water partition coefficient (Wildman–Crippen LogP) is 8.28. The van der Waals surface area contributed by atoms with Crippen LogP contribution < -0.4 is 10.6 Å². The number of thiophene rings is 1. The molecule has 0 saturated heterocycles. The highest BCUT2D eigenvalue weighted by molar-refractivity contribution is 7.09. The zero-order valence-corrected chi connectivity index (χ0v) is 21.0. The number of nitrogens with one attached hydrogen (secondary N) is 2. The van der Waals surface area contributed by atoms with E-state index in [0.717, 1.165) is 19.6 Å². The number of anilines is 1. The maximum absolute atomic E-state index is 3.67. The van der Waals surface area contributed by atoms with E-state index in [1.54, 1.807) is 0 Å². The molecular formula is C25H46N2S. The van der Waals surface area contributed by atoms with Gasteiger partial charge in [0.2, 0.25) is 0 Å². The van der Waals surface area contributed by atoms with Crippen molar-refractivity contribution in [2.45, 2.75) is 87.6 Å². The van der Waals surface area contributed by atoms with E-state index in [9.17, 15) is 0 Å². The zero-order chi connectivity index (χ0) is 21.9. The molecule has 0 aliphatic rings. The lowest BCUT2D eigenvalue weighted by atomic mass is 9.92. The standard InChI is InChI=1S/C19H28N2S.3C2H6/c1-14(2)17-8-5-9-18(15(3)4)19(17)21-11-10-20-13-16-7-6-12-22-16;3*1-2/h5-9,12,14-15,20-21H,10-11,13H2,1-4H3;3*1-2H3. The van der Waals surface area contributed by atoms with E-state index >= 15 is 0 Å². The first kappa shape index (κ1) is 28.9. The van der Waals surface area contributed by atoms with Gasteiger partial charge >= 0.3 is 0 Å². The van der Waals surface area contributed by atoms with E-state index in [0.29, 0.717) is 11.8 Å². The van der Waals surface area contributed by atoms with Gasteiger partial charge in [-0.2, -0.15) is 0 Å². The van der Waals surface area contributed by atoms with Crippen molar-refractivity contribution in [3.05, 3.63) is 51.7 Å². The average Bonchev–Trinajstić information content (AvgIpc) is 3.25. The van der Waals surface area contributed by atoms with Gasteiger partial charge in [-0.25, -0.2) is 0 Å². The molecule has 0 saturated carbocycles. The molecule has 0 amide bonds. The van der Waals surface area contributed by atoms with Crippen molar-refractivity contribution in [1.29, 1.82) is 0 Å². The minimum absolute atomic E-state index is 0.542. The number of para-hydroxylation sites is 1. The summed E-state index contributed by atoms with van der Waals surface area (Å²) in [5.74, 6) is 1.08. The summed E-state index contributed by atoms with van der Waals surface area (Å²) in [6.45, 7) is 23.9. The average molecular weight is 407 g/mol. The second kappa shape index (κ2) is 19.0. The summed E-state index contributed by atoms with van der Waals surface area (Å²) >= 11 is 1.81. The first-order valence-electron chi connectivity index (χ1n) is 11.2. The molecule has 1 aromatic carbocycles. The molecule has 1 aromatic heterocycles. The minimum atomic E-state index is 0.542. The number of rotatable bonds is 8. The van der Waals surface area contributed by atoms with Gasteiger partial charge in [0.25, 0.3) is 0 Å². The molecule has 28 heavy (non-hydrogen) atoms. The van der Waals surface area contributed by atoms with E-state index in [4.69, 9.17) is 0 Å². The lowest BCUT2D eigenvalue weighted by Crippen LogP contribution is -2.22. The molecule has 2 aromatic rings. The minimum Gasteiger partial charge on any atom is -0.383 e. The van der Waals surface area contributed by atoms with Gasteiger partial charge in [0.1, 0.15) is 0 Å². The summed E-state index contributed by atoms with van der Waals surface area (Å²) in [4.78, 5) is 1.39. The molecule has 0 aliphatic carbocycles. The molecule has 0 aliphatic heterocycles. The lowest BCUT2D eigenvalue weighted by molar-refractivity contribution is 0.712. The van der Waals surface area contributed by atoms with Crippen molar-refractivity contribution >= 4 is 17.0 Å². The van der Waals surface area contributed by atoms with Gasteiger partial charge < -0.3 is 10.6 Å². The van der Waals surface area contributed by atoms with E-state index in [2.05, 4.69) is 74.0 Å². The molecule has 3 heteroatoms. The summed E-state index contributed by atoms with van der Waals surface area (Å²) in [6, 6.07) is 11.0. The van der Waals surface area contributed by atoms with E-state index in [1.807, 2.05) is 52.9 Å². The summed E-state index contributed by atoms with van der Waals surface area (Å²) in [7, 11) is 0. The Balaban J connectivity index is 0. The number of hydrogen-bond acceptors (Lipinski definition) is 3. The van der Waals surface area contributed by atoms with Crippen molar-refractivity contribution in [3.63, 3.8) is 0 Å². The van der Waals surface area contributed by atoms with Gasteiger partial charge in [0.05, 0.1) is 0 Å². The maximum Gasteiger partial charge on any atom is 0.0410 e. The Kier molecular flexibility index (Phi) is 19.6. The first-order valence-corrected chi connectivity index (χ1v) is 12.1. The van der Waals surface area contributed by atoms with Crippen LogP contribution in [0.15, 0.2) is 35.7 Å². The highest BCUT2D eigenvalue weighted by Gasteiger charge is 2.12. The number of hydrogen-bond donors (Lipinski definition) is 2. The van der Waals surface area contributed by atoms with Crippen LogP contribution in [-0.4, -0.2) is 13.1 Å². The van der Waals surface area contributed by atoms with Crippen molar-refractivity contribution < 1.29 is 0 Å². The monoisotopic (exact) mass is 406 g/mol. The molecule has 162 valence electrons. The molecular weight excluding hydrogens is 360 g/mol. The van der Waals surface area contributed by atoms with Crippen molar-refractivity contribution in [2.75, 3.05) is 18.4 Å². The van der Waals surface area contributed by atoms with Crippen LogP contribution in [0.2, 0.25) is 0 Å². The molecule has 0 bridgehead atoms. The smallest absolute Gasteiger partial charge is 0.0410 e. The number of benzene rings is 1. The second-order valence-corrected chi connectivity index (χ2v) is 7.34. The summed E-state index contributed by atoms with van der Waals surface area (Å²) in [5, 5.41) is 9.30. The third-order valence-electron chi connectivity index (χ3n) is 3.86. The Bertz CT molecular complexity index is 534.